The Bertz CT molecular complexity index is 1020. The normalized spacial score (nSPS) is 10.9. The van der Waals surface area contributed by atoms with Crippen molar-refractivity contribution in [2.75, 3.05) is 5.32 Å². The lowest BCUT2D eigenvalue weighted by molar-refractivity contribution is 0.415. The molecule has 1 heterocycles. The largest absolute Gasteiger partial charge is 0.359 e. The Morgan fingerprint density at radius 1 is 1.15 bits per heavy atom. The van der Waals surface area contributed by atoms with E-state index in [2.05, 4.69) is 10.5 Å². The number of nitriles is 1. The van der Waals surface area contributed by atoms with Gasteiger partial charge in [-0.05, 0) is 24.3 Å². The first-order chi connectivity index (χ1) is 12.5. The van der Waals surface area contributed by atoms with Crippen LogP contribution in [-0.4, -0.2) is 5.16 Å². The predicted molar refractivity (Wildman–Crippen MR) is 95.7 cm³/mol. The van der Waals surface area contributed by atoms with Crippen LogP contribution in [0.15, 0.2) is 47.1 Å². The highest BCUT2D eigenvalue weighted by Gasteiger charge is 2.20. The summed E-state index contributed by atoms with van der Waals surface area (Å²) in [5.74, 6) is -1.30. The zero-order valence-electron chi connectivity index (χ0n) is 12.9. The predicted octanol–water partition coefficient (Wildman–Crippen LogP) is 5.88. The molecule has 4 nitrogen and oxygen atoms in total. The molecule has 3 rings (SSSR count). The van der Waals surface area contributed by atoms with Crippen molar-refractivity contribution in [1.82, 2.24) is 5.16 Å². The van der Waals surface area contributed by atoms with Gasteiger partial charge in [0.1, 0.15) is 29.0 Å². The first-order valence-corrected chi connectivity index (χ1v) is 7.99. The van der Waals surface area contributed by atoms with Crippen LogP contribution in [0.1, 0.15) is 11.3 Å². The molecule has 0 aliphatic rings. The van der Waals surface area contributed by atoms with E-state index in [0.717, 1.165) is 12.1 Å². The lowest BCUT2D eigenvalue weighted by Gasteiger charge is -2.03. The van der Waals surface area contributed by atoms with Gasteiger partial charge in [0.05, 0.1) is 15.7 Å². The van der Waals surface area contributed by atoms with E-state index in [4.69, 9.17) is 27.7 Å². The third-order valence-electron chi connectivity index (χ3n) is 3.43. The van der Waals surface area contributed by atoms with Gasteiger partial charge in [-0.2, -0.15) is 5.26 Å². The van der Waals surface area contributed by atoms with Crippen LogP contribution in [0.5, 0.6) is 0 Å². The number of rotatable bonds is 4. The molecule has 0 saturated heterocycles. The Hall–Kier alpha value is -2.88. The van der Waals surface area contributed by atoms with Crippen molar-refractivity contribution in [2.24, 2.45) is 0 Å². The molecule has 0 unspecified atom stereocenters. The molecule has 1 N–H and O–H groups in total. The minimum absolute atomic E-state index is 0.0649. The summed E-state index contributed by atoms with van der Waals surface area (Å²) in [5.41, 5.74) is 0.775. The summed E-state index contributed by atoms with van der Waals surface area (Å²) >= 11 is 12.3. The Kier molecular flexibility index (Phi) is 5.21. The van der Waals surface area contributed by atoms with Crippen molar-refractivity contribution in [1.29, 1.82) is 5.26 Å². The second-order valence-electron chi connectivity index (χ2n) is 5.08. The second-order valence-corrected chi connectivity index (χ2v) is 5.90. The number of halogens is 4. The van der Waals surface area contributed by atoms with Crippen molar-refractivity contribution >= 4 is 35.0 Å². The van der Waals surface area contributed by atoms with Crippen molar-refractivity contribution in [3.05, 3.63) is 75.6 Å². The lowest BCUT2D eigenvalue weighted by atomic mass is 10.1. The lowest BCUT2D eigenvalue weighted by Crippen LogP contribution is -1.92. The SMILES string of the molecule is N#Cc1c(-c2c(Cl)cccc2Cl)noc1C=CNc1ccc(F)cc1F. The molecule has 3 aromatic rings. The van der Waals surface area contributed by atoms with Crippen LogP contribution >= 0.6 is 23.2 Å². The van der Waals surface area contributed by atoms with Gasteiger partial charge >= 0.3 is 0 Å². The molecule has 26 heavy (non-hydrogen) atoms. The highest BCUT2D eigenvalue weighted by atomic mass is 35.5. The first kappa shape index (κ1) is 17.9. The second kappa shape index (κ2) is 7.56. The molecular weight excluding hydrogens is 383 g/mol. The molecular formula is C18H9Cl2F2N3O. The molecule has 130 valence electrons. The molecule has 8 heteroatoms. The maximum Gasteiger partial charge on any atom is 0.179 e. The third-order valence-corrected chi connectivity index (χ3v) is 4.06. The van der Waals surface area contributed by atoms with E-state index in [9.17, 15) is 14.0 Å². The Labute approximate surface area is 157 Å². The van der Waals surface area contributed by atoms with Crippen LogP contribution in [0, 0.1) is 23.0 Å². The van der Waals surface area contributed by atoms with Crippen LogP contribution in [-0.2, 0) is 0 Å². The van der Waals surface area contributed by atoms with Crippen LogP contribution in [0.4, 0.5) is 14.5 Å². The quantitative estimate of drug-likeness (QED) is 0.602. The average molecular weight is 392 g/mol. The van der Waals surface area contributed by atoms with Crippen LogP contribution in [0.25, 0.3) is 17.3 Å². The van der Waals surface area contributed by atoms with Gasteiger partial charge in [0, 0.05) is 23.9 Å². The van der Waals surface area contributed by atoms with Gasteiger partial charge < -0.3 is 9.84 Å². The van der Waals surface area contributed by atoms with Crippen molar-refractivity contribution in [3.8, 4) is 17.3 Å². The summed E-state index contributed by atoms with van der Waals surface area (Å²) in [5, 5.41) is 16.6. The highest BCUT2D eigenvalue weighted by Crippen LogP contribution is 2.36. The molecule has 2 aromatic carbocycles. The summed E-state index contributed by atoms with van der Waals surface area (Å²) in [6, 6.07) is 10.0. The fourth-order valence-electron chi connectivity index (χ4n) is 2.23. The van der Waals surface area contributed by atoms with Gasteiger partial charge in [-0.1, -0.05) is 34.4 Å². The monoisotopic (exact) mass is 391 g/mol. The van der Waals surface area contributed by atoms with E-state index in [1.54, 1.807) is 18.2 Å². The fraction of sp³-hybridized carbons (Fsp3) is 0. The van der Waals surface area contributed by atoms with Crippen LogP contribution in [0.3, 0.4) is 0 Å². The zero-order valence-corrected chi connectivity index (χ0v) is 14.4. The molecule has 0 aliphatic heterocycles. The molecule has 0 fully saturated rings. The number of nitrogens with one attached hydrogen (secondary N) is 1. The van der Waals surface area contributed by atoms with E-state index in [1.165, 1.54) is 18.3 Å². The van der Waals surface area contributed by atoms with E-state index in [0.29, 0.717) is 15.6 Å². The van der Waals surface area contributed by atoms with Crippen LogP contribution < -0.4 is 5.32 Å². The van der Waals surface area contributed by atoms with Gasteiger partial charge in [-0.3, -0.25) is 0 Å². The van der Waals surface area contributed by atoms with E-state index in [1.807, 2.05) is 6.07 Å². The minimum atomic E-state index is -0.753. The maximum absolute atomic E-state index is 13.6. The average Bonchev–Trinajstić information content (AvgIpc) is 2.99. The Morgan fingerprint density at radius 2 is 1.88 bits per heavy atom. The number of hydrogen-bond donors (Lipinski definition) is 1. The number of nitrogens with zero attached hydrogens (tertiary/aromatic N) is 2. The van der Waals surface area contributed by atoms with Gasteiger partial charge in [0.15, 0.2) is 5.76 Å². The van der Waals surface area contributed by atoms with Crippen molar-refractivity contribution < 1.29 is 13.3 Å². The standard InChI is InChI=1S/C18H9Cl2F2N3O/c19-12-2-1-3-13(20)17(12)18-11(9-23)16(26-25-18)6-7-24-15-5-4-10(21)8-14(15)22/h1-8,24H. The first-order valence-electron chi connectivity index (χ1n) is 7.23. The molecule has 0 atom stereocenters. The topological polar surface area (TPSA) is 61.9 Å². The summed E-state index contributed by atoms with van der Waals surface area (Å²) in [6.45, 7) is 0. The number of anilines is 1. The molecule has 0 radical (unpaired) electrons. The zero-order chi connectivity index (χ0) is 18.7. The van der Waals surface area contributed by atoms with E-state index >= 15 is 0 Å². The van der Waals surface area contributed by atoms with Gasteiger partial charge in [-0.15, -0.1) is 0 Å². The van der Waals surface area contributed by atoms with Gasteiger partial charge in [-0.25, -0.2) is 8.78 Å². The smallest absolute Gasteiger partial charge is 0.179 e. The fourth-order valence-corrected chi connectivity index (χ4v) is 2.81. The Balaban J connectivity index is 1.90. The van der Waals surface area contributed by atoms with E-state index < -0.39 is 11.6 Å². The molecule has 0 bridgehead atoms. The summed E-state index contributed by atoms with van der Waals surface area (Å²) in [4.78, 5) is 0. The molecule has 0 spiro atoms. The maximum atomic E-state index is 13.6. The van der Waals surface area contributed by atoms with Crippen molar-refractivity contribution in [3.63, 3.8) is 0 Å². The number of aromatic nitrogens is 1. The molecule has 0 aliphatic carbocycles. The van der Waals surface area contributed by atoms with Gasteiger partial charge in [0.25, 0.3) is 0 Å². The summed E-state index contributed by atoms with van der Waals surface area (Å²) in [7, 11) is 0. The van der Waals surface area contributed by atoms with Crippen LogP contribution in [0.2, 0.25) is 10.0 Å². The summed E-state index contributed by atoms with van der Waals surface area (Å²) in [6.07, 6.45) is 2.73. The highest BCUT2D eigenvalue weighted by molar-refractivity contribution is 6.39. The molecule has 0 saturated carbocycles. The van der Waals surface area contributed by atoms with Crippen molar-refractivity contribution in [2.45, 2.75) is 0 Å². The molecule has 1 aromatic heterocycles. The minimum Gasteiger partial charge on any atom is -0.359 e. The number of benzene rings is 2. The van der Waals surface area contributed by atoms with E-state index in [-0.39, 0.29) is 22.7 Å². The summed E-state index contributed by atoms with van der Waals surface area (Å²) < 4.78 is 31.6. The number of hydrogen-bond acceptors (Lipinski definition) is 4. The molecule has 0 amide bonds. The third kappa shape index (κ3) is 3.54. The Morgan fingerprint density at radius 3 is 2.54 bits per heavy atom. The van der Waals surface area contributed by atoms with Gasteiger partial charge in [0.2, 0.25) is 0 Å².